The highest BCUT2D eigenvalue weighted by atomic mass is 16.5. The summed E-state index contributed by atoms with van der Waals surface area (Å²) >= 11 is 0. The van der Waals surface area contributed by atoms with Crippen LogP contribution in [0, 0.1) is 0 Å². The summed E-state index contributed by atoms with van der Waals surface area (Å²) < 4.78 is 12.7. The Bertz CT molecular complexity index is 697. The molecule has 1 aromatic carbocycles. The van der Waals surface area contributed by atoms with Gasteiger partial charge in [0, 0.05) is 26.8 Å². The average Bonchev–Trinajstić information content (AvgIpc) is 3.04. The second-order valence-corrected chi connectivity index (χ2v) is 6.08. The third-order valence-electron chi connectivity index (χ3n) is 4.03. The van der Waals surface area contributed by atoms with Crippen LogP contribution >= 0.6 is 0 Å². The maximum Gasteiger partial charge on any atom is 0.269 e. The van der Waals surface area contributed by atoms with Crippen LogP contribution in [0.3, 0.4) is 0 Å². The molecule has 1 amide bonds. The molecule has 0 atom stereocenters. The number of nitrogens with zero attached hydrogens (tertiary/aromatic N) is 2. The van der Waals surface area contributed by atoms with Crippen LogP contribution in [0.2, 0.25) is 0 Å². The summed E-state index contributed by atoms with van der Waals surface area (Å²) in [6.45, 7) is 6.67. The summed E-state index contributed by atoms with van der Waals surface area (Å²) in [5, 5.41) is 7.25. The normalized spacial score (nSPS) is 10.7. The van der Waals surface area contributed by atoms with Crippen molar-refractivity contribution < 1.29 is 14.3 Å². The largest absolute Gasteiger partial charge is 0.494 e. The zero-order valence-electron chi connectivity index (χ0n) is 16.0. The topological polar surface area (TPSA) is 65.4 Å². The third kappa shape index (κ3) is 6.19. The van der Waals surface area contributed by atoms with Gasteiger partial charge < -0.3 is 14.8 Å². The summed E-state index contributed by atoms with van der Waals surface area (Å²) in [7, 11) is 1.79. The molecule has 0 aliphatic rings. The lowest BCUT2D eigenvalue weighted by molar-refractivity contribution is 0.0941. The Labute approximate surface area is 155 Å². The van der Waals surface area contributed by atoms with Crippen molar-refractivity contribution in [1.29, 1.82) is 0 Å². The van der Waals surface area contributed by atoms with Crippen LogP contribution in [0.5, 0.6) is 5.75 Å². The van der Waals surface area contributed by atoms with E-state index in [1.807, 2.05) is 44.2 Å². The molecule has 0 spiro atoms. The van der Waals surface area contributed by atoms with Crippen LogP contribution in [-0.2, 0) is 24.8 Å². The molecule has 142 valence electrons. The predicted molar refractivity (Wildman–Crippen MR) is 101 cm³/mol. The molecule has 2 aromatic rings. The first kappa shape index (κ1) is 20.0. The number of ether oxygens (including phenoxy) is 2. The molecule has 1 aromatic heterocycles. The second kappa shape index (κ2) is 10.6. The molecule has 0 aliphatic carbocycles. The van der Waals surface area contributed by atoms with Crippen molar-refractivity contribution in [3.8, 4) is 5.75 Å². The number of aryl methyl sites for hydroxylation is 2. The summed E-state index contributed by atoms with van der Waals surface area (Å²) in [5.41, 5.74) is 2.49. The van der Waals surface area contributed by atoms with Gasteiger partial charge in [-0.3, -0.25) is 9.48 Å². The molecule has 1 heterocycles. The molecule has 1 N–H and O–H groups in total. The van der Waals surface area contributed by atoms with Crippen LogP contribution in [0.15, 0.2) is 30.3 Å². The molecule has 0 aliphatic heterocycles. The van der Waals surface area contributed by atoms with Gasteiger partial charge in [-0.1, -0.05) is 19.1 Å². The lowest BCUT2D eigenvalue weighted by Crippen LogP contribution is -2.25. The second-order valence-electron chi connectivity index (χ2n) is 6.08. The molecule has 0 unspecified atom stereocenters. The van der Waals surface area contributed by atoms with Crippen molar-refractivity contribution in [2.45, 2.75) is 39.7 Å². The molecule has 0 saturated carbocycles. The van der Waals surface area contributed by atoms with Crippen molar-refractivity contribution in [2.75, 3.05) is 19.8 Å². The number of aromatic nitrogens is 2. The predicted octanol–water partition coefficient (Wildman–Crippen LogP) is 3.11. The zero-order chi connectivity index (χ0) is 18.8. The number of hydrogen-bond donors (Lipinski definition) is 1. The monoisotopic (exact) mass is 359 g/mol. The van der Waals surface area contributed by atoms with E-state index in [0.717, 1.165) is 49.5 Å². The van der Waals surface area contributed by atoms with Gasteiger partial charge in [0.05, 0.1) is 12.3 Å². The minimum Gasteiger partial charge on any atom is -0.494 e. The van der Waals surface area contributed by atoms with Crippen LogP contribution in [-0.4, -0.2) is 35.5 Å². The van der Waals surface area contributed by atoms with Gasteiger partial charge in [-0.25, -0.2) is 0 Å². The SMILES string of the molecule is CCOCCCCOc1cccc(CNC(=O)c2cc(CC)nn2C)c1. The third-order valence-corrected chi connectivity index (χ3v) is 4.03. The first-order valence-corrected chi connectivity index (χ1v) is 9.24. The number of benzene rings is 1. The molecular weight excluding hydrogens is 330 g/mol. The number of unbranched alkanes of at least 4 members (excludes halogenated alkanes) is 1. The van der Waals surface area contributed by atoms with Gasteiger partial charge in [-0.2, -0.15) is 5.10 Å². The summed E-state index contributed by atoms with van der Waals surface area (Å²) in [6.07, 6.45) is 2.76. The Balaban J connectivity index is 1.80. The molecule has 26 heavy (non-hydrogen) atoms. The molecule has 6 nitrogen and oxygen atoms in total. The first-order chi connectivity index (χ1) is 12.6. The molecule has 0 radical (unpaired) electrons. The molecule has 6 heteroatoms. The van der Waals surface area contributed by atoms with Gasteiger partial charge in [-0.15, -0.1) is 0 Å². The minimum atomic E-state index is -0.123. The maximum atomic E-state index is 12.3. The van der Waals surface area contributed by atoms with E-state index in [9.17, 15) is 4.79 Å². The number of amides is 1. The van der Waals surface area contributed by atoms with Crippen LogP contribution in [0.1, 0.15) is 48.4 Å². The van der Waals surface area contributed by atoms with Crippen molar-refractivity contribution >= 4 is 5.91 Å². The van der Waals surface area contributed by atoms with Gasteiger partial charge in [0.2, 0.25) is 0 Å². The van der Waals surface area contributed by atoms with Gasteiger partial charge in [0.15, 0.2) is 0 Å². The van der Waals surface area contributed by atoms with Crippen LogP contribution < -0.4 is 10.1 Å². The number of rotatable bonds is 11. The Morgan fingerprint density at radius 2 is 2.00 bits per heavy atom. The Morgan fingerprint density at radius 1 is 1.19 bits per heavy atom. The van der Waals surface area contributed by atoms with Crippen LogP contribution in [0.4, 0.5) is 0 Å². The van der Waals surface area contributed by atoms with E-state index in [-0.39, 0.29) is 5.91 Å². The fraction of sp³-hybridized carbons (Fsp3) is 0.500. The van der Waals surface area contributed by atoms with Gasteiger partial charge in [0.25, 0.3) is 5.91 Å². The Hall–Kier alpha value is -2.34. The first-order valence-electron chi connectivity index (χ1n) is 9.24. The van der Waals surface area contributed by atoms with Crippen molar-refractivity contribution in [2.24, 2.45) is 7.05 Å². The van der Waals surface area contributed by atoms with Crippen LogP contribution in [0.25, 0.3) is 0 Å². The van der Waals surface area contributed by atoms with E-state index in [1.165, 1.54) is 0 Å². The van der Waals surface area contributed by atoms with E-state index in [2.05, 4.69) is 10.4 Å². The quantitative estimate of drug-likeness (QED) is 0.626. The Kier molecular flexibility index (Phi) is 8.15. The molecular formula is C20H29N3O3. The number of carbonyl (C=O) groups excluding carboxylic acids is 1. The fourth-order valence-electron chi connectivity index (χ4n) is 2.57. The number of carbonyl (C=O) groups is 1. The van der Waals surface area contributed by atoms with Crippen molar-refractivity contribution in [3.63, 3.8) is 0 Å². The van der Waals surface area contributed by atoms with Crippen molar-refractivity contribution in [3.05, 3.63) is 47.3 Å². The average molecular weight is 359 g/mol. The van der Waals surface area contributed by atoms with Gasteiger partial charge >= 0.3 is 0 Å². The molecule has 0 bridgehead atoms. The highest BCUT2D eigenvalue weighted by molar-refractivity contribution is 5.92. The highest BCUT2D eigenvalue weighted by Crippen LogP contribution is 2.14. The summed E-state index contributed by atoms with van der Waals surface area (Å²) in [4.78, 5) is 12.3. The molecule has 0 saturated heterocycles. The highest BCUT2D eigenvalue weighted by Gasteiger charge is 2.12. The van der Waals surface area contributed by atoms with E-state index >= 15 is 0 Å². The fourth-order valence-corrected chi connectivity index (χ4v) is 2.57. The van der Waals surface area contributed by atoms with E-state index < -0.39 is 0 Å². The number of nitrogens with one attached hydrogen (secondary N) is 1. The van der Waals surface area contributed by atoms with Gasteiger partial charge in [0.1, 0.15) is 11.4 Å². The lowest BCUT2D eigenvalue weighted by atomic mass is 10.2. The zero-order valence-corrected chi connectivity index (χ0v) is 16.0. The maximum absolute atomic E-state index is 12.3. The summed E-state index contributed by atoms with van der Waals surface area (Å²) in [5.74, 6) is 0.698. The standard InChI is InChI=1S/C20H29N3O3/c1-4-17-14-19(23(3)22-17)20(24)21-15-16-9-8-10-18(13-16)26-12-7-6-11-25-5-2/h8-10,13-14H,4-7,11-12,15H2,1-3H3,(H,21,24). The van der Waals surface area contributed by atoms with Crippen molar-refractivity contribution in [1.82, 2.24) is 15.1 Å². The lowest BCUT2D eigenvalue weighted by Gasteiger charge is -2.09. The minimum absolute atomic E-state index is 0.123. The summed E-state index contributed by atoms with van der Waals surface area (Å²) in [6, 6.07) is 9.64. The van der Waals surface area contributed by atoms with E-state index in [4.69, 9.17) is 9.47 Å². The number of hydrogen-bond acceptors (Lipinski definition) is 4. The van der Waals surface area contributed by atoms with Gasteiger partial charge in [-0.05, 0) is 49.9 Å². The smallest absolute Gasteiger partial charge is 0.269 e. The van der Waals surface area contributed by atoms with E-state index in [1.54, 1.807) is 11.7 Å². The molecule has 2 rings (SSSR count). The Morgan fingerprint density at radius 3 is 2.73 bits per heavy atom. The van der Waals surface area contributed by atoms with E-state index in [0.29, 0.717) is 18.8 Å². The molecule has 0 fully saturated rings.